The van der Waals surface area contributed by atoms with E-state index in [9.17, 15) is 8.78 Å². The van der Waals surface area contributed by atoms with Crippen molar-refractivity contribution in [1.29, 1.82) is 0 Å². The first-order valence-corrected chi connectivity index (χ1v) is 6.01. The van der Waals surface area contributed by atoms with Gasteiger partial charge in [0, 0.05) is 0 Å². The first-order valence-electron chi connectivity index (χ1n) is 6.01. The third kappa shape index (κ3) is 2.80. The molecule has 1 unspecified atom stereocenters. The number of rotatable bonds is 3. The van der Waals surface area contributed by atoms with Crippen molar-refractivity contribution in [1.82, 2.24) is 5.43 Å². The predicted molar refractivity (Wildman–Crippen MR) is 71.4 cm³/mol. The fourth-order valence-corrected chi connectivity index (χ4v) is 2.02. The molecular formula is C15H16F2N2. The summed E-state index contributed by atoms with van der Waals surface area (Å²) in [5.74, 6) is 3.81. The first-order chi connectivity index (χ1) is 9.02. The summed E-state index contributed by atoms with van der Waals surface area (Å²) in [7, 11) is 0. The Labute approximate surface area is 111 Å². The number of benzene rings is 2. The monoisotopic (exact) mass is 262 g/mol. The van der Waals surface area contributed by atoms with Crippen LogP contribution >= 0.6 is 0 Å². The fraction of sp³-hybridized carbons (Fsp3) is 0.200. The van der Waals surface area contributed by atoms with Crippen LogP contribution in [0, 0.1) is 25.5 Å². The minimum atomic E-state index is -0.874. The van der Waals surface area contributed by atoms with Crippen molar-refractivity contribution in [2.75, 3.05) is 0 Å². The smallest absolute Gasteiger partial charge is 0.159 e. The van der Waals surface area contributed by atoms with E-state index >= 15 is 0 Å². The Balaban J connectivity index is 2.43. The van der Waals surface area contributed by atoms with E-state index in [0.717, 1.165) is 23.3 Å². The number of hydrazine groups is 1. The molecule has 0 bridgehead atoms. The van der Waals surface area contributed by atoms with Gasteiger partial charge in [0.1, 0.15) is 0 Å². The van der Waals surface area contributed by atoms with Gasteiger partial charge in [0.15, 0.2) is 11.6 Å². The summed E-state index contributed by atoms with van der Waals surface area (Å²) in [5, 5.41) is 0. The molecule has 2 aromatic carbocycles. The number of nitrogens with one attached hydrogen (secondary N) is 1. The maximum Gasteiger partial charge on any atom is 0.159 e. The highest BCUT2D eigenvalue weighted by Gasteiger charge is 2.15. The van der Waals surface area contributed by atoms with E-state index in [2.05, 4.69) is 5.43 Å². The third-order valence-electron chi connectivity index (χ3n) is 3.31. The first kappa shape index (κ1) is 13.6. The Morgan fingerprint density at radius 3 is 2.11 bits per heavy atom. The predicted octanol–water partition coefficient (Wildman–Crippen LogP) is 3.13. The molecule has 1 atom stereocenters. The molecule has 2 nitrogen and oxygen atoms in total. The molecule has 4 heteroatoms. The molecule has 0 aromatic heterocycles. The van der Waals surface area contributed by atoms with Gasteiger partial charge in [0.2, 0.25) is 0 Å². The Bertz CT molecular complexity index is 545. The molecule has 0 fully saturated rings. The van der Waals surface area contributed by atoms with Crippen molar-refractivity contribution in [2.45, 2.75) is 19.9 Å². The molecule has 0 radical (unpaired) electrons. The van der Waals surface area contributed by atoms with Gasteiger partial charge >= 0.3 is 0 Å². The van der Waals surface area contributed by atoms with Crippen molar-refractivity contribution in [3.05, 3.63) is 70.3 Å². The van der Waals surface area contributed by atoms with E-state index in [4.69, 9.17) is 5.84 Å². The average Bonchev–Trinajstić information content (AvgIpc) is 2.39. The van der Waals surface area contributed by atoms with Crippen LogP contribution in [0.3, 0.4) is 0 Å². The lowest BCUT2D eigenvalue weighted by Gasteiger charge is -2.18. The Morgan fingerprint density at radius 1 is 0.895 bits per heavy atom. The lowest BCUT2D eigenvalue weighted by molar-refractivity contribution is 0.504. The van der Waals surface area contributed by atoms with Crippen molar-refractivity contribution in [2.24, 2.45) is 5.84 Å². The summed E-state index contributed by atoms with van der Waals surface area (Å²) in [6.45, 7) is 4.01. The Kier molecular flexibility index (Phi) is 3.93. The zero-order valence-corrected chi connectivity index (χ0v) is 10.9. The maximum absolute atomic E-state index is 13.3. The highest BCUT2D eigenvalue weighted by Crippen LogP contribution is 2.24. The van der Waals surface area contributed by atoms with Gasteiger partial charge in [-0.15, -0.1) is 0 Å². The molecule has 0 aliphatic heterocycles. The van der Waals surface area contributed by atoms with E-state index in [1.54, 1.807) is 0 Å². The molecule has 0 aliphatic rings. The minimum absolute atomic E-state index is 0.366. The molecular weight excluding hydrogens is 246 g/mol. The SMILES string of the molecule is Cc1ccc(C(NN)c2ccc(F)c(F)c2)cc1C. The van der Waals surface area contributed by atoms with Gasteiger partial charge in [-0.3, -0.25) is 5.84 Å². The second-order valence-corrected chi connectivity index (χ2v) is 4.62. The largest absolute Gasteiger partial charge is 0.271 e. The van der Waals surface area contributed by atoms with E-state index in [0.29, 0.717) is 5.56 Å². The number of aryl methyl sites for hydroxylation is 2. The molecule has 0 spiro atoms. The van der Waals surface area contributed by atoms with Crippen molar-refractivity contribution in [3.63, 3.8) is 0 Å². The van der Waals surface area contributed by atoms with Gasteiger partial charge in [-0.05, 0) is 48.2 Å². The van der Waals surface area contributed by atoms with Crippen LogP contribution in [0.2, 0.25) is 0 Å². The van der Waals surface area contributed by atoms with E-state index < -0.39 is 11.6 Å². The summed E-state index contributed by atoms with van der Waals surface area (Å²) in [6.07, 6.45) is 0. The molecule has 0 aliphatic carbocycles. The molecule has 0 heterocycles. The molecule has 0 saturated heterocycles. The zero-order chi connectivity index (χ0) is 14.0. The number of halogens is 2. The third-order valence-corrected chi connectivity index (χ3v) is 3.31. The standard InChI is InChI=1S/C15H16F2N2/c1-9-3-4-11(7-10(9)2)15(19-18)12-5-6-13(16)14(17)8-12/h3-8,15,19H,18H2,1-2H3. The van der Waals surface area contributed by atoms with Gasteiger partial charge in [0.05, 0.1) is 6.04 Å². The highest BCUT2D eigenvalue weighted by molar-refractivity contribution is 5.37. The second-order valence-electron chi connectivity index (χ2n) is 4.62. The van der Waals surface area contributed by atoms with E-state index in [-0.39, 0.29) is 6.04 Å². The molecule has 100 valence electrons. The van der Waals surface area contributed by atoms with Gasteiger partial charge in [-0.1, -0.05) is 24.3 Å². The Morgan fingerprint density at radius 2 is 1.53 bits per heavy atom. The van der Waals surface area contributed by atoms with Crippen molar-refractivity contribution in [3.8, 4) is 0 Å². The zero-order valence-electron chi connectivity index (χ0n) is 10.9. The molecule has 2 aromatic rings. The van der Waals surface area contributed by atoms with Gasteiger partial charge in [-0.2, -0.15) is 0 Å². The molecule has 0 saturated carbocycles. The van der Waals surface area contributed by atoms with Crippen LogP contribution in [-0.4, -0.2) is 0 Å². The lowest BCUT2D eigenvalue weighted by atomic mass is 9.96. The summed E-state index contributed by atoms with van der Waals surface area (Å²) in [5.41, 5.74) is 6.44. The molecule has 3 N–H and O–H groups in total. The van der Waals surface area contributed by atoms with Crippen molar-refractivity contribution >= 4 is 0 Å². The van der Waals surface area contributed by atoms with Gasteiger partial charge in [0.25, 0.3) is 0 Å². The lowest BCUT2D eigenvalue weighted by Crippen LogP contribution is -2.29. The molecule has 2 rings (SSSR count). The van der Waals surface area contributed by atoms with Crippen LogP contribution in [0.5, 0.6) is 0 Å². The van der Waals surface area contributed by atoms with Gasteiger partial charge in [-0.25, -0.2) is 14.2 Å². The van der Waals surface area contributed by atoms with Crippen LogP contribution in [0.1, 0.15) is 28.3 Å². The maximum atomic E-state index is 13.3. The topological polar surface area (TPSA) is 38.0 Å². The number of hydrogen-bond donors (Lipinski definition) is 2. The highest BCUT2D eigenvalue weighted by atomic mass is 19.2. The molecule has 0 amide bonds. The quantitative estimate of drug-likeness (QED) is 0.658. The van der Waals surface area contributed by atoms with Crippen LogP contribution in [0.15, 0.2) is 36.4 Å². The van der Waals surface area contributed by atoms with Crippen LogP contribution in [-0.2, 0) is 0 Å². The van der Waals surface area contributed by atoms with E-state index in [1.165, 1.54) is 11.6 Å². The van der Waals surface area contributed by atoms with E-state index in [1.807, 2.05) is 32.0 Å². The number of hydrogen-bond acceptors (Lipinski definition) is 2. The van der Waals surface area contributed by atoms with Crippen molar-refractivity contribution < 1.29 is 8.78 Å². The fourth-order valence-electron chi connectivity index (χ4n) is 2.02. The summed E-state index contributed by atoms with van der Waals surface area (Å²) >= 11 is 0. The van der Waals surface area contributed by atoms with Crippen LogP contribution in [0.25, 0.3) is 0 Å². The van der Waals surface area contributed by atoms with Crippen LogP contribution < -0.4 is 11.3 Å². The normalized spacial score (nSPS) is 12.5. The second kappa shape index (κ2) is 5.47. The van der Waals surface area contributed by atoms with Gasteiger partial charge < -0.3 is 0 Å². The number of nitrogens with two attached hydrogens (primary N) is 1. The summed E-state index contributed by atoms with van der Waals surface area (Å²) in [4.78, 5) is 0. The minimum Gasteiger partial charge on any atom is -0.271 e. The average molecular weight is 262 g/mol. The summed E-state index contributed by atoms with van der Waals surface area (Å²) in [6, 6.07) is 9.32. The Hall–Kier alpha value is -1.78. The molecule has 19 heavy (non-hydrogen) atoms. The summed E-state index contributed by atoms with van der Waals surface area (Å²) < 4.78 is 26.3. The van der Waals surface area contributed by atoms with Crippen LogP contribution in [0.4, 0.5) is 8.78 Å².